The molecule has 2 aromatic carbocycles. The predicted octanol–water partition coefficient (Wildman–Crippen LogP) is 4.28. The Morgan fingerprint density at radius 2 is 1.68 bits per heavy atom. The maximum atomic E-state index is 13.0. The summed E-state index contributed by atoms with van der Waals surface area (Å²) in [5, 5.41) is 13.2. The van der Waals surface area contributed by atoms with Crippen molar-refractivity contribution in [3.05, 3.63) is 87.3 Å². The maximum absolute atomic E-state index is 13.0. The summed E-state index contributed by atoms with van der Waals surface area (Å²) < 4.78 is 5.74. The van der Waals surface area contributed by atoms with Gasteiger partial charge in [0.1, 0.15) is 17.1 Å². The Labute approximate surface area is 185 Å². The third kappa shape index (κ3) is 4.34. The van der Waals surface area contributed by atoms with Crippen LogP contribution in [0, 0.1) is 10.1 Å². The van der Waals surface area contributed by atoms with E-state index in [2.05, 4.69) is 5.32 Å². The topological polar surface area (TPSA) is 102 Å². The van der Waals surface area contributed by atoms with Crippen LogP contribution in [0.4, 0.5) is 10.7 Å². The van der Waals surface area contributed by atoms with Gasteiger partial charge in [0.2, 0.25) is 0 Å². The Bertz CT molecular complexity index is 1220. The highest BCUT2D eigenvalue weighted by atomic mass is 32.1. The first-order valence-corrected chi connectivity index (χ1v) is 10.1. The molecule has 154 valence electrons. The molecule has 1 saturated heterocycles. The highest BCUT2D eigenvalue weighted by Crippen LogP contribution is 2.29. The van der Waals surface area contributed by atoms with Crippen LogP contribution < -0.4 is 15.0 Å². The van der Waals surface area contributed by atoms with Crippen molar-refractivity contribution in [1.82, 2.24) is 5.32 Å². The number of nitro groups is 1. The van der Waals surface area contributed by atoms with E-state index in [1.807, 2.05) is 30.3 Å². The van der Waals surface area contributed by atoms with Crippen LogP contribution in [0.2, 0.25) is 0 Å². The van der Waals surface area contributed by atoms with Gasteiger partial charge in [0.25, 0.3) is 11.8 Å². The van der Waals surface area contributed by atoms with Crippen LogP contribution >= 0.6 is 23.6 Å². The fourth-order valence-electron chi connectivity index (χ4n) is 2.84. The van der Waals surface area contributed by atoms with Crippen molar-refractivity contribution in [2.24, 2.45) is 0 Å². The number of para-hydroxylation sites is 1. The van der Waals surface area contributed by atoms with Gasteiger partial charge >= 0.3 is 5.00 Å². The molecule has 0 aliphatic carbocycles. The lowest BCUT2D eigenvalue weighted by atomic mass is 10.1. The Kier molecular flexibility index (Phi) is 5.56. The molecule has 0 atom stereocenters. The first-order chi connectivity index (χ1) is 14.9. The van der Waals surface area contributed by atoms with Crippen molar-refractivity contribution < 1.29 is 19.2 Å². The number of nitrogens with zero attached hydrogens (tertiary/aromatic N) is 2. The highest BCUT2D eigenvalue weighted by Gasteiger charge is 2.34. The molecule has 10 heteroatoms. The van der Waals surface area contributed by atoms with Crippen molar-refractivity contribution >= 4 is 57.2 Å². The first kappa shape index (κ1) is 20.4. The second-order valence-electron chi connectivity index (χ2n) is 6.30. The van der Waals surface area contributed by atoms with E-state index < -0.39 is 16.7 Å². The average Bonchev–Trinajstić information content (AvgIpc) is 3.22. The molecule has 31 heavy (non-hydrogen) atoms. The monoisotopic (exact) mass is 451 g/mol. The molecule has 2 heterocycles. The second kappa shape index (κ2) is 8.46. The lowest BCUT2D eigenvalue weighted by molar-refractivity contribution is -0.380. The van der Waals surface area contributed by atoms with Gasteiger partial charge in [-0.15, -0.1) is 0 Å². The molecule has 1 aliphatic heterocycles. The molecule has 1 aromatic heterocycles. The molecule has 2 amide bonds. The molecule has 1 aliphatic rings. The third-order valence-corrected chi connectivity index (χ3v) is 5.52. The molecule has 0 saturated carbocycles. The molecular weight excluding hydrogens is 438 g/mol. The minimum absolute atomic E-state index is 0.0546. The smallest absolute Gasteiger partial charge is 0.324 e. The Morgan fingerprint density at radius 1 is 1.00 bits per heavy atom. The summed E-state index contributed by atoms with van der Waals surface area (Å²) in [5.41, 5.74) is 0.272. The van der Waals surface area contributed by atoms with Crippen LogP contribution in [-0.2, 0) is 9.59 Å². The van der Waals surface area contributed by atoms with Gasteiger partial charge in [-0.2, -0.15) is 0 Å². The molecule has 1 N–H and O–H groups in total. The highest BCUT2D eigenvalue weighted by molar-refractivity contribution is 7.80. The number of amides is 2. The van der Waals surface area contributed by atoms with Crippen LogP contribution in [-0.4, -0.2) is 21.9 Å². The van der Waals surface area contributed by atoms with Gasteiger partial charge in [-0.25, -0.2) is 0 Å². The van der Waals surface area contributed by atoms with Gasteiger partial charge in [-0.3, -0.25) is 29.9 Å². The van der Waals surface area contributed by atoms with E-state index in [1.165, 1.54) is 23.1 Å². The van der Waals surface area contributed by atoms with Crippen LogP contribution in [0.15, 0.2) is 72.3 Å². The minimum Gasteiger partial charge on any atom is -0.457 e. The Hall–Kier alpha value is -3.89. The van der Waals surface area contributed by atoms with Gasteiger partial charge in [0.15, 0.2) is 5.11 Å². The SMILES string of the molecule is O=C1NC(=S)N(c2ccc(Oc3ccccc3)cc2)C(=O)C1=Cc1ccc([N+](=O)[O-])s1. The second-order valence-corrected chi connectivity index (χ2v) is 7.78. The van der Waals surface area contributed by atoms with Gasteiger partial charge in [-0.05, 0) is 60.8 Å². The lowest BCUT2D eigenvalue weighted by Crippen LogP contribution is -2.54. The number of thiophene rings is 1. The number of benzene rings is 2. The minimum atomic E-state index is -0.661. The zero-order valence-electron chi connectivity index (χ0n) is 15.7. The molecule has 0 spiro atoms. The largest absolute Gasteiger partial charge is 0.457 e. The molecular formula is C21H13N3O5S2. The zero-order chi connectivity index (χ0) is 22.0. The lowest BCUT2D eigenvalue weighted by Gasteiger charge is -2.28. The van der Waals surface area contributed by atoms with E-state index in [0.717, 1.165) is 11.3 Å². The number of rotatable bonds is 5. The van der Waals surface area contributed by atoms with Crippen molar-refractivity contribution in [2.45, 2.75) is 0 Å². The Morgan fingerprint density at radius 3 is 2.32 bits per heavy atom. The number of anilines is 1. The van der Waals surface area contributed by atoms with E-state index in [9.17, 15) is 19.7 Å². The van der Waals surface area contributed by atoms with E-state index in [1.54, 1.807) is 24.3 Å². The summed E-state index contributed by atoms with van der Waals surface area (Å²) in [6.45, 7) is 0. The van der Waals surface area contributed by atoms with E-state index in [-0.39, 0.29) is 15.7 Å². The summed E-state index contributed by atoms with van der Waals surface area (Å²) in [4.78, 5) is 37.3. The summed E-state index contributed by atoms with van der Waals surface area (Å²) >= 11 is 6.05. The zero-order valence-corrected chi connectivity index (χ0v) is 17.3. The molecule has 4 rings (SSSR count). The van der Waals surface area contributed by atoms with Crippen molar-refractivity contribution in [3.8, 4) is 11.5 Å². The van der Waals surface area contributed by atoms with Crippen molar-refractivity contribution in [1.29, 1.82) is 0 Å². The van der Waals surface area contributed by atoms with Crippen LogP contribution in [0.25, 0.3) is 6.08 Å². The van der Waals surface area contributed by atoms with E-state index in [4.69, 9.17) is 17.0 Å². The molecule has 0 bridgehead atoms. The molecule has 0 radical (unpaired) electrons. The van der Waals surface area contributed by atoms with Crippen molar-refractivity contribution in [3.63, 3.8) is 0 Å². The van der Waals surface area contributed by atoms with Crippen LogP contribution in [0.1, 0.15) is 4.88 Å². The Balaban J connectivity index is 1.59. The number of hydrogen-bond acceptors (Lipinski definition) is 7. The van der Waals surface area contributed by atoms with Gasteiger partial charge in [0.05, 0.1) is 10.6 Å². The summed E-state index contributed by atoms with van der Waals surface area (Å²) in [6, 6.07) is 18.7. The first-order valence-electron chi connectivity index (χ1n) is 8.91. The van der Waals surface area contributed by atoms with E-state index >= 15 is 0 Å². The molecule has 1 fully saturated rings. The van der Waals surface area contributed by atoms with Crippen LogP contribution in [0.3, 0.4) is 0 Å². The molecule has 0 unspecified atom stereocenters. The predicted molar refractivity (Wildman–Crippen MR) is 120 cm³/mol. The fourth-order valence-corrected chi connectivity index (χ4v) is 3.89. The number of carbonyl (C=O) groups is 2. The summed E-state index contributed by atoms with van der Waals surface area (Å²) in [6.07, 6.45) is 1.32. The molecule has 3 aromatic rings. The quantitative estimate of drug-likeness (QED) is 0.204. The van der Waals surface area contributed by atoms with Crippen LogP contribution in [0.5, 0.6) is 11.5 Å². The van der Waals surface area contributed by atoms with E-state index in [0.29, 0.717) is 22.1 Å². The normalized spacial score (nSPS) is 15.2. The van der Waals surface area contributed by atoms with Crippen molar-refractivity contribution in [2.75, 3.05) is 4.90 Å². The average molecular weight is 451 g/mol. The van der Waals surface area contributed by atoms with Gasteiger partial charge in [0, 0.05) is 10.9 Å². The molecule has 8 nitrogen and oxygen atoms in total. The maximum Gasteiger partial charge on any atom is 0.324 e. The summed E-state index contributed by atoms with van der Waals surface area (Å²) in [7, 11) is 0. The standard InChI is InChI=1S/C21H13N3O5S2/c25-19-17(12-16-10-11-18(31-16)24(27)28)20(26)23(21(30)22-19)13-6-8-15(9-7-13)29-14-4-2-1-3-5-14/h1-12H,(H,22,25,30). The number of nitrogens with one attached hydrogen (secondary N) is 1. The van der Waals surface area contributed by atoms with Gasteiger partial charge < -0.3 is 4.74 Å². The number of carbonyl (C=O) groups excluding carboxylic acids is 2. The number of hydrogen-bond donors (Lipinski definition) is 1. The van der Waals surface area contributed by atoms with Gasteiger partial charge in [-0.1, -0.05) is 29.5 Å². The third-order valence-electron chi connectivity index (χ3n) is 4.25. The summed E-state index contributed by atoms with van der Waals surface area (Å²) in [5.74, 6) is -0.0498. The fraction of sp³-hybridized carbons (Fsp3) is 0. The number of ether oxygens (including phenoxy) is 1. The number of thiocarbonyl (C=S) groups is 1.